The van der Waals surface area contributed by atoms with E-state index in [1.165, 1.54) is 0 Å². The van der Waals surface area contributed by atoms with Crippen LogP contribution in [0.15, 0.2) is 0 Å². The molecule has 0 spiro atoms. The van der Waals surface area contributed by atoms with E-state index in [0.29, 0.717) is 6.42 Å². The molecule has 1 rings (SSSR count). The SMILES string of the molecule is [2H]C([3H])(Cl)C([2H])([3H])N(C([2H])([3H])C([2H])([3H])Cl)P1(=O)NCCCO1. The van der Waals surface area contributed by atoms with Crippen molar-refractivity contribution in [3.63, 3.8) is 0 Å². The van der Waals surface area contributed by atoms with Crippen molar-refractivity contribution in [3.8, 4) is 0 Å². The van der Waals surface area contributed by atoms with Crippen molar-refractivity contribution in [2.24, 2.45) is 0 Å². The first-order valence-electron chi connectivity index (χ1n) is 7.76. The highest BCUT2D eigenvalue weighted by Gasteiger charge is 2.32. The molecule has 0 aliphatic carbocycles. The van der Waals surface area contributed by atoms with Gasteiger partial charge in [-0.05, 0) is 6.42 Å². The van der Waals surface area contributed by atoms with Crippen LogP contribution >= 0.6 is 30.9 Å². The number of nitrogens with one attached hydrogen (secondary N) is 1. The van der Waals surface area contributed by atoms with Gasteiger partial charge in [0.25, 0.3) is 0 Å². The fraction of sp³-hybridized carbons (Fsp3) is 1.00. The van der Waals surface area contributed by atoms with Gasteiger partial charge in [0, 0.05) is 42.2 Å². The second-order valence-corrected chi connectivity index (χ2v) is 4.73. The molecule has 1 aliphatic rings. The summed E-state index contributed by atoms with van der Waals surface area (Å²) in [6, 6.07) is 0. The van der Waals surface area contributed by atoms with E-state index >= 15 is 0 Å². The van der Waals surface area contributed by atoms with Crippen molar-refractivity contribution in [2.75, 3.05) is 37.8 Å². The second kappa shape index (κ2) is 6.31. The Balaban J connectivity index is 3.50. The summed E-state index contributed by atoms with van der Waals surface area (Å²) in [6.45, 7) is -6.83. The number of rotatable bonds is 5. The highest BCUT2D eigenvalue weighted by atomic mass is 35.5. The molecule has 4 nitrogen and oxygen atoms in total. The molecule has 1 aliphatic heterocycles. The predicted octanol–water partition coefficient (Wildman–Crippen LogP) is 1.88. The maximum Gasteiger partial charge on any atom is 0.343 e. The van der Waals surface area contributed by atoms with Gasteiger partial charge in [0.2, 0.25) is 0 Å². The summed E-state index contributed by atoms with van der Waals surface area (Å²) in [5.41, 5.74) is 0. The van der Waals surface area contributed by atoms with E-state index in [2.05, 4.69) is 5.09 Å². The topological polar surface area (TPSA) is 41.6 Å². The quantitative estimate of drug-likeness (QED) is 0.613. The molecule has 0 aromatic carbocycles. The van der Waals surface area contributed by atoms with Crippen LogP contribution in [0.25, 0.3) is 0 Å². The molecule has 0 saturated carbocycles. The molecule has 1 heterocycles. The molecule has 14 heavy (non-hydrogen) atoms. The molecule has 0 aromatic rings. The maximum atomic E-state index is 12.8. The average Bonchev–Trinajstić information content (AvgIpc) is 2.25. The van der Waals surface area contributed by atoms with Gasteiger partial charge < -0.3 is 4.52 Å². The molecule has 84 valence electrons. The van der Waals surface area contributed by atoms with Crippen LogP contribution in [0.5, 0.6) is 0 Å². The summed E-state index contributed by atoms with van der Waals surface area (Å²) in [4.78, 5) is 0. The third-order valence-electron chi connectivity index (χ3n) is 1.46. The van der Waals surface area contributed by atoms with E-state index in [1.54, 1.807) is 0 Å². The van der Waals surface area contributed by atoms with Crippen LogP contribution in [-0.4, -0.2) is 42.5 Å². The zero-order valence-corrected chi connectivity index (χ0v) is 9.49. The van der Waals surface area contributed by atoms with Crippen LogP contribution in [0.4, 0.5) is 0 Å². The highest BCUT2D eigenvalue weighted by molar-refractivity contribution is 7.54. The Morgan fingerprint density at radius 2 is 2.29 bits per heavy atom. The van der Waals surface area contributed by atoms with E-state index in [9.17, 15) is 4.57 Å². The average molecular weight is 273 g/mol. The van der Waals surface area contributed by atoms with Crippen molar-refractivity contribution in [3.05, 3.63) is 0 Å². The van der Waals surface area contributed by atoms with Crippen LogP contribution < -0.4 is 5.09 Å². The molecule has 5 unspecified atom stereocenters. The summed E-state index contributed by atoms with van der Waals surface area (Å²) in [6.07, 6.45) is 0.408. The van der Waals surface area contributed by atoms with E-state index in [4.69, 9.17) is 38.7 Å². The summed E-state index contributed by atoms with van der Waals surface area (Å²) < 4.78 is 77.9. The lowest BCUT2D eigenvalue weighted by atomic mass is 10.5. The lowest BCUT2D eigenvalue weighted by molar-refractivity contribution is 0.233. The maximum absolute atomic E-state index is 12.8. The number of halogens is 2. The number of nitrogens with zero attached hydrogens (tertiary/aromatic N) is 1. The Bertz CT molecular complexity index is 432. The lowest BCUT2D eigenvalue weighted by Crippen LogP contribution is -2.35. The molecule has 0 aromatic heterocycles. The Hall–Kier alpha value is 0.690. The molecule has 1 saturated heterocycles. The van der Waals surface area contributed by atoms with Crippen LogP contribution in [0.3, 0.4) is 0 Å². The van der Waals surface area contributed by atoms with Gasteiger partial charge in [0.05, 0.1) is 6.61 Å². The summed E-state index contributed by atoms with van der Waals surface area (Å²) >= 11 is 10.7. The van der Waals surface area contributed by atoms with Gasteiger partial charge in [-0.3, -0.25) is 4.57 Å². The molecule has 5 atom stereocenters. The van der Waals surface area contributed by atoms with Gasteiger partial charge in [0.15, 0.2) is 0 Å². The number of hydrogen-bond donors (Lipinski definition) is 1. The number of alkyl halides is 2. The van der Waals surface area contributed by atoms with Crippen LogP contribution in [0.1, 0.15) is 17.4 Å². The third kappa shape index (κ3) is 3.37. The summed E-state index contributed by atoms with van der Waals surface area (Å²) in [5.74, 6) is -6.41. The fourth-order valence-electron chi connectivity index (χ4n) is 0.895. The Kier molecular flexibility index (Phi) is 2.41. The van der Waals surface area contributed by atoms with E-state index < -0.39 is 32.3 Å². The molecular formula is C7H15Cl2N2O2P. The van der Waals surface area contributed by atoms with Gasteiger partial charge in [0.1, 0.15) is 0 Å². The Labute approximate surface area is 106 Å². The highest BCUT2D eigenvalue weighted by Crippen LogP contribution is 2.47. The van der Waals surface area contributed by atoms with Gasteiger partial charge in [-0.1, -0.05) is 0 Å². The number of hydrogen-bond acceptors (Lipinski definition) is 2. The van der Waals surface area contributed by atoms with Crippen molar-refractivity contribution in [1.82, 2.24) is 9.76 Å². The van der Waals surface area contributed by atoms with Crippen molar-refractivity contribution < 1.29 is 20.1 Å². The zero-order valence-electron chi connectivity index (χ0n) is 15.1. The third-order valence-corrected chi connectivity index (χ3v) is 3.51. The van der Waals surface area contributed by atoms with Gasteiger partial charge in [-0.25, -0.2) is 9.76 Å². The van der Waals surface area contributed by atoms with Gasteiger partial charge in [-0.2, -0.15) is 0 Å². The standard InChI is InChI=1S/C7H15Cl2N2O2P/c8-2-5-11(6-3-9)14(12)10-4-1-7-13-14/h1-7H2,(H,10,12)/i2TD,3TD,5TD,6TD. The lowest BCUT2D eigenvalue weighted by Gasteiger charge is -2.33. The minimum Gasteiger partial charge on any atom is -0.306 e. The minimum absolute atomic E-state index is 0.0799. The second-order valence-electron chi connectivity index (χ2n) is 2.34. The molecule has 0 amide bonds. The van der Waals surface area contributed by atoms with Gasteiger partial charge in [-0.15, -0.1) is 23.2 Å². The first-order valence-corrected chi connectivity index (χ1v) is 6.09. The monoisotopic (exact) mass is 272 g/mol. The van der Waals surface area contributed by atoms with Crippen molar-refractivity contribution in [2.45, 2.75) is 6.42 Å². The van der Waals surface area contributed by atoms with Crippen LogP contribution in [-0.2, 0) is 9.09 Å². The molecule has 0 bridgehead atoms. The van der Waals surface area contributed by atoms with E-state index in [-0.39, 0.29) is 17.8 Å². The first-order chi connectivity index (χ1) is 9.57. The van der Waals surface area contributed by atoms with E-state index in [1.807, 2.05) is 0 Å². The Morgan fingerprint density at radius 3 is 2.71 bits per heavy atom. The molecule has 7 heteroatoms. The normalized spacial score (nSPS) is 54.5. The first kappa shape index (κ1) is 5.35. The summed E-state index contributed by atoms with van der Waals surface area (Å²) in [7, 11) is -4.48. The molecular weight excluding hydrogens is 246 g/mol. The fourth-order valence-corrected chi connectivity index (χ4v) is 2.71. The predicted molar refractivity (Wildman–Crippen MR) is 59.2 cm³/mol. The molecule has 1 fully saturated rings. The van der Waals surface area contributed by atoms with Gasteiger partial charge >= 0.3 is 7.67 Å². The molecule has 0 radical (unpaired) electrons. The van der Waals surface area contributed by atoms with Crippen LogP contribution in [0, 0.1) is 0 Å². The molecule has 1 N–H and O–H groups in total. The smallest absolute Gasteiger partial charge is 0.306 e. The van der Waals surface area contributed by atoms with Crippen molar-refractivity contribution in [1.29, 1.82) is 0 Å². The minimum atomic E-state index is -4.48. The van der Waals surface area contributed by atoms with Crippen LogP contribution in [0.2, 0.25) is 0 Å². The Morgan fingerprint density at radius 1 is 1.64 bits per heavy atom. The zero-order chi connectivity index (χ0) is 17.6. The summed E-state index contributed by atoms with van der Waals surface area (Å²) in [5, 5.41) is 2.28. The van der Waals surface area contributed by atoms with Crippen molar-refractivity contribution >= 4 is 30.9 Å². The largest absolute Gasteiger partial charge is 0.343 e. The van der Waals surface area contributed by atoms with E-state index in [0.717, 1.165) is 0 Å².